The summed E-state index contributed by atoms with van der Waals surface area (Å²) in [5.74, 6) is -7.30. The van der Waals surface area contributed by atoms with Gasteiger partial charge in [-0.2, -0.15) is 0 Å². The molecule has 81 heavy (non-hydrogen) atoms. The van der Waals surface area contributed by atoms with Gasteiger partial charge in [0.05, 0.1) is 19.2 Å². The molecule has 0 unspecified atom stereocenters. The van der Waals surface area contributed by atoms with Crippen molar-refractivity contribution < 1.29 is 53.4 Å². The van der Waals surface area contributed by atoms with E-state index in [1.165, 1.54) is 9.80 Å². The number of hydrogen-bond donors (Lipinski definition) is 11. The lowest BCUT2D eigenvalue weighted by molar-refractivity contribution is -0.147. The Morgan fingerprint density at radius 1 is 0.580 bits per heavy atom. The average molecular weight is 1140 g/mol. The van der Waals surface area contributed by atoms with Crippen LogP contribution < -0.4 is 49.1 Å². The molecule has 23 nitrogen and oxygen atoms in total. The van der Waals surface area contributed by atoms with Gasteiger partial charge in [-0.05, 0) is 79.3 Å². The van der Waals surface area contributed by atoms with Gasteiger partial charge in [-0.1, -0.05) is 115 Å². The number of amides is 8. The van der Waals surface area contributed by atoms with Gasteiger partial charge >= 0.3 is 5.97 Å². The van der Waals surface area contributed by atoms with E-state index < -0.39 is 109 Å². The zero-order valence-electron chi connectivity index (χ0n) is 44.7. The molecule has 0 aromatic heterocycles. The summed E-state index contributed by atoms with van der Waals surface area (Å²) in [6, 6.07) is 22.9. The van der Waals surface area contributed by atoms with Crippen LogP contribution in [0.25, 0.3) is 0 Å². The molecule has 14 N–H and O–H groups in total. The van der Waals surface area contributed by atoms with E-state index in [4.69, 9.17) is 28.8 Å². The molecule has 24 heteroatoms. The lowest BCUT2D eigenvalue weighted by Crippen LogP contribution is -2.60. The highest BCUT2D eigenvalue weighted by Gasteiger charge is 2.43. The van der Waals surface area contributed by atoms with E-state index in [0.717, 1.165) is 5.56 Å². The predicted octanol–water partition coefficient (Wildman–Crippen LogP) is -0.409. The molecule has 8 amide bonds. The number of hydrogen-bond acceptors (Lipinski definition) is 12. The summed E-state index contributed by atoms with van der Waals surface area (Å²) in [4.78, 5) is 130. The van der Waals surface area contributed by atoms with Gasteiger partial charge in [0.15, 0.2) is 5.96 Å². The minimum Gasteiger partial charge on any atom is -0.480 e. The molecule has 4 aromatic carbocycles. The lowest BCUT2D eigenvalue weighted by atomic mass is 10.0. The highest BCUT2D eigenvalue weighted by Crippen LogP contribution is 2.26. The predicted molar refractivity (Wildman–Crippen MR) is 300 cm³/mol. The summed E-state index contributed by atoms with van der Waals surface area (Å²) < 4.78 is 0. The van der Waals surface area contributed by atoms with Crippen molar-refractivity contribution in [3.63, 3.8) is 0 Å². The van der Waals surface area contributed by atoms with Crippen molar-refractivity contribution in [2.75, 3.05) is 32.8 Å². The summed E-state index contributed by atoms with van der Waals surface area (Å²) in [5, 5.41) is 36.5. The average Bonchev–Trinajstić information content (AvgIpc) is 4.36. The molecule has 2 heterocycles. The molecule has 0 bridgehead atoms. The number of aliphatic hydroxyl groups excluding tert-OH is 1. The van der Waals surface area contributed by atoms with Crippen molar-refractivity contribution in [1.29, 1.82) is 0 Å². The standard InChI is InChI=1S/C57H71ClN12O11/c58-39-24-22-38(23-25-39)29-40(59)54(78)70-28-12-21-47(70)55(79)69-27-11-20-46(69)53(77)63-33-48(72)64-42(30-35-13-4-1-5-14-35)49(73)68-45(34-71)52(76)67-44(32-37-17-8-3-9-18-37)51(75)66-43(31-36-15-6-2-7-16-36)50(74)65-41(56(80)81)19-10-26-62-57(60)61/h1-9,13-18,22-25,40-47,71H,10-12,19-21,26-34,59H2,(H,63,77)(H,64,72)(H,65,74)(H,66,75)(H,67,76)(H,68,73)(H,80,81)(H4,60,61,62)/t40-,41+,42+,43+,44-,45+,46+,47+/m1/s1. The van der Waals surface area contributed by atoms with Crippen LogP contribution in [0, 0.1) is 0 Å². The van der Waals surface area contributed by atoms with Crippen molar-refractivity contribution in [2.45, 2.75) is 113 Å². The number of carbonyl (C=O) groups is 9. The number of aliphatic carboxylic acids is 1. The van der Waals surface area contributed by atoms with Crippen LogP contribution in [0.4, 0.5) is 0 Å². The Balaban J connectivity index is 1.11. The van der Waals surface area contributed by atoms with Crippen LogP contribution in [0.1, 0.15) is 60.8 Å². The first-order chi connectivity index (χ1) is 38.9. The normalized spacial score (nSPS) is 17.0. The molecular formula is C57H71ClN12O11. The number of carboxylic acids is 1. The second-order valence-corrected chi connectivity index (χ2v) is 20.4. The van der Waals surface area contributed by atoms with Crippen LogP contribution in [0.2, 0.25) is 5.02 Å². The second-order valence-electron chi connectivity index (χ2n) is 19.9. The zero-order valence-corrected chi connectivity index (χ0v) is 45.5. The number of aliphatic imine (C=N–C) groups is 1. The Kier molecular flexibility index (Phi) is 23.5. The number of rotatable bonds is 28. The fourth-order valence-electron chi connectivity index (χ4n) is 9.71. The zero-order chi connectivity index (χ0) is 58.4. The van der Waals surface area contributed by atoms with Gasteiger partial charge in [-0.15, -0.1) is 0 Å². The van der Waals surface area contributed by atoms with Crippen molar-refractivity contribution in [3.8, 4) is 0 Å². The molecule has 8 atom stereocenters. The van der Waals surface area contributed by atoms with E-state index in [0.29, 0.717) is 53.9 Å². The van der Waals surface area contributed by atoms with E-state index in [1.54, 1.807) is 115 Å². The Morgan fingerprint density at radius 3 is 1.52 bits per heavy atom. The van der Waals surface area contributed by atoms with E-state index in [1.807, 2.05) is 0 Å². The summed E-state index contributed by atoms with van der Waals surface area (Å²) in [5.41, 5.74) is 19.7. The molecule has 4 aromatic rings. The quantitative estimate of drug-likeness (QED) is 0.0196. The summed E-state index contributed by atoms with van der Waals surface area (Å²) in [6.45, 7) is -0.890. The molecule has 0 spiro atoms. The summed E-state index contributed by atoms with van der Waals surface area (Å²) in [6.07, 6.45) is 1.84. The topological polar surface area (TPSA) is 363 Å². The number of nitrogens with two attached hydrogens (primary N) is 3. The Hall–Kier alpha value is -8.41. The van der Waals surface area contributed by atoms with E-state index in [-0.39, 0.29) is 63.5 Å². The van der Waals surface area contributed by atoms with Gasteiger partial charge in [0, 0.05) is 43.9 Å². The third-order valence-electron chi connectivity index (χ3n) is 13.9. The maximum absolute atomic E-state index is 14.3. The molecule has 2 saturated heterocycles. The number of guanidine groups is 1. The Bertz CT molecular complexity index is 2830. The number of aliphatic hydroxyl groups is 1. The van der Waals surface area contributed by atoms with Gasteiger partial charge in [-0.25, -0.2) is 4.79 Å². The number of carboxylic acid groups (broad SMARTS) is 1. The summed E-state index contributed by atoms with van der Waals surface area (Å²) in [7, 11) is 0. The molecule has 2 aliphatic rings. The van der Waals surface area contributed by atoms with Crippen LogP contribution >= 0.6 is 11.6 Å². The van der Waals surface area contributed by atoms with Crippen LogP contribution in [0.3, 0.4) is 0 Å². The van der Waals surface area contributed by atoms with Crippen LogP contribution in [0.5, 0.6) is 0 Å². The Labute approximate surface area is 474 Å². The molecular weight excluding hydrogens is 1060 g/mol. The number of benzene rings is 4. The van der Waals surface area contributed by atoms with Gasteiger partial charge in [0.25, 0.3) is 0 Å². The van der Waals surface area contributed by atoms with E-state index in [9.17, 15) is 53.4 Å². The van der Waals surface area contributed by atoms with E-state index in [2.05, 4.69) is 36.9 Å². The molecule has 0 aliphatic carbocycles. The molecule has 0 radical (unpaired) electrons. The van der Waals surface area contributed by atoms with Crippen LogP contribution in [0.15, 0.2) is 120 Å². The first-order valence-electron chi connectivity index (χ1n) is 26.8. The first kappa shape index (κ1) is 61.8. The van der Waals surface area contributed by atoms with E-state index >= 15 is 0 Å². The van der Waals surface area contributed by atoms with Crippen molar-refractivity contribution in [1.82, 2.24) is 41.7 Å². The smallest absolute Gasteiger partial charge is 0.326 e. The third kappa shape index (κ3) is 18.9. The molecule has 2 fully saturated rings. The maximum Gasteiger partial charge on any atom is 0.326 e. The monoisotopic (exact) mass is 1130 g/mol. The minimum atomic E-state index is -1.69. The first-order valence-corrected chi connectivity index (χ1v) is 27.2. The second kappa shape index (κ2) is 30.8. The lowest BCUT2D eigenvalue weighted by Gasteiger charge is -2.32. The third-order valence-corrected chi connectivity index (χ3v) is 14.2. The van der Waals surface area contributed by atoms with Crippen LogP contribution in [-0.4, -0.2) is 160 Å². The molecule has 2 aliphatic heterocycles. The maximum atomic E-state index is 14.3. The number of halogens is 1. The van der Waals surface area contributed by atoms with Gasteiger partial charge in [0.1, 0.15) is 42.3 Å². The largest absolute Gasteiger partial charge is 0.480 e. The minimum absolute atomic E-state index is 0.0454. The highest BCUT2D eigenvalue weighted by molar-refractivity contribution is 6.30. The number of likely N-dealkylation sites (tertiary alicyclic amines) is 2. The molecule has 0 saturated carbocycles. The Morgan fingerprint density at radius 2 is 1.02 bits per heavy atom. The van der Waals surface area contributed by atoms with Crippen molar-refractivity contribution in [2.24, 2.45) is 22.2 Å². The SMILES string of the molecule is NC(N)=NCCC[C@H](NC(=O)[C@H](Cc1ccccc1)NC(=O)[C@@H](Cc1ccccc1)NC(=O)[C@H](CO)NC(=O)[C@H](Cc1ccccc1)NC(=O)CNC(=O)[C@@H]1CCCN1C(=O)[C@@H]1CCCN1C(=O)[C@H](N)Cc1ccc(Cl)cc1)C(=O)O. The molecule has 432 valence electrons. The van der Waals surface area contributed by atoms with Crippen LogP contribution in [-0.2, 0) is 68.8 Å². The number of nitrogens with one attached hydrogen (secondary N) is 6. The van der Waals surface area contributed by atoms with Crippen molar-refractivity contribution in [3.05, 3.63) is 143 Å². The fraction of sp³-hybridized carbons (Fsp3) is 0.404. The van der Waals surface area contributed by atoms with Gasteiger partial charge < -0.3 is 69.1 Å². The number of carbonyl (C=O) groups excluding carboxylic acids is 8. The fourth-order valence-corrected chi connectivity index (χ4v) is 9.83. The summed E-state index contributed by atoms with van der Waals surface area (Å²) >= 11 is 6.02. The van der Waals surface area contributed by atoms with Gasteiger partial charge in [0.2, 0.25) is 47.3 Å². The van der Waals surface area contributed by atoms with Crippen molar-refractivity contribution >= 4 is 70.8 Å². The molecule has 6 rings (SSSR count). The highest BCUT2D eigenvalue weighted by atomic mass is 35.5. The number of nitrogens with zero attached hydrogens (tertiary/aromatic N) is 3. The van der Waals surface area contributed by atoms with Gasteiger partial charge in [-0.3, -0.25) is 43.3 Å².